The molecule has 2 rings (SSSR count). The molecule has 1 N–H and O–H groups in total. The first-order chi connectivity index (χ1) is 6.66. The molecule has 2 nitrogen and oxygen atoms in total. The van der Waals surface area contributed by atoms with Crippen molar-refractivity contribution in [1.29, 1.82) is 0 Å². The van der Waals surface area contributed by atoms with Crippen LogP contribution in [-0.2, 0) is 4.79 Å². The summed E-state index contributed by atoms with van der Waals surface area (Å²) in [5.74, 6) is 1.53. The maximum Gasteiger partial charge on any atom is 0.306 e. The Morgan fingerprint density at radius 3 is 2.79 bits per heavy atom. The molecule has 0 saturated heterocycles. The van der Waals surface area contributed by atoms with Gasteiger partial charge in [-0.25, -0.2) is 0 Å². The highest BCUT2D eigenvalue weighted by atomic mass is 16.4. The standard InChI is InChI=1S/C12H18O2/c1-8(12(13)14)2-4-10-6-9-3-5-11(10)7-9/h3,5,8-11H,2,4,6-7H2,1H3,(H,13,14). The van der Waals surface area contributed by atoms with Crippen molar-refractivity contribution in [2.45, 2.75) is 32.6 Å². The van der Waals surface area contributed by atoms with Crippen LogP contribution in [0.5, 0.6) is 0 Å². The minimum absolute atomic E-state index is 0.168. The van der Waals surface area contributed by atoms with Gasteiger partial charge in [0.2, 0.25) is 0 Å². The van der Waals surface area contributed by atoms with Crippen molar-refractivity contribution in [1.82, 2.24) is 0 Å². The fraction of sp³-hybridized carbons (Fsp3) is 0.750. The van der Waals surface area contributed by atoms with Crippen molar-refractivity contribution >= 4 is 5.97 Å². The topological polar surface area (TPSA) is 37.3 Å². The minimum Gasteiger partial charge on any atom is -0.481 e. The van der Waals surface area contributed by atoms with Crippen LogP contribution >= 0.6 is 0 Å². The van der Waals surface area contributed by atoms with Gasteiger partial charge in [-0.15, -0.1) is 0 Å². The summed E-state index contributed by atoms with van der Waals surface area (Å²) in [6.45, 7) is 1.81. The number of allylic oxidation sites excluding steroid dienone is 2. The maximum atomic E-state index is 10.6. The number of hydrogen-bond donors (Lipinski definition) is 1. The zero-order valence-electron chi connectivity index (χ0n) is 8.65. The van der Waals surface area contributed by atoms with E-state index in [1.165, 1.54) is 12.8 Å². The van der Waals surface area contributed by atoms with Gasteiger partial charge in [0.1, 0.15) is 0 Å². The zero-order chi connectivity index (χ0) is 10.1. The lowest BCUT2D eigenvalue weighted by Gasteiger charge is -2.18. The second-order valence-corrected chi connectivity index (χ2v) is 4.86. The van der Waals surface area contributed by atoms with E-state index in [9.17, 15) is 4.79 Å². The van der Waals surface area contributed by atoms with Crippen LogP contribution in [0.15, 0.2) is 12.2 Å². The Labute approximate surface area is 85.0 Å². The van der Waals surface area contributed by atoms with Crippen LogP contribution in [0.25, 0.3) is 0 Å². The van der Waals surface area contributed by atoms with Crippen LogP contribution in [0.3, 0.4) is 0 Å². The summed E-state index contributed by atoms with van der Waals surface area (Å²) in [7, 11) is 0. The predicted octanol–water partition coefficient (Wildman–Crippen LogP) is 2.70. The molecule has 4 atom stereocenters. The van der Waals surface area contributed by atoms with Crippen molar-refractivity contribution in [2.75, 3.05) is 0 Å². The van der Waals surface area contributed by atoms with Gasteiger partial charge >= 0.3 is 5.97 Å². The van der Waals surface area contributed by atoms with E-state index in [0.717, 1.165) is 30.6 Å². The Morgan fingerprint density at radius 2 is 2.29 bits per heavy atom. The van der Waals surface area contributed by atoms with Crippen LogP contribution in [0.2, 0.25) is 0 Å². The zero-order valence-corrected chi connectivity index (χ0v) is 8.65. The molecule has 78 valence electrons. The van der Waals surface area contributed by atoms with E-state index in [1.807, 2.05) is 6.92 Å². The van der Waals surface area contributed by atoms with Crippen molar-refractivity contribution in [3.8, 4) is 0 Å². The van der Waals surface area contributed by atoms with Crippen molar-refractivity contribution < 1.29 is 9.90 Å². The Morgan fingerprint density at radius 1 is 1.50 bits per heavy atom. The molecule has 0 aromatic rings. The van der Waals surface area contributed by atoms with Crippen molar-refractivity contribution in [3.05, 3.63) is 12.2 Å². The number of carboxylic acid groups (broad SMARTS) is 1. The molecular formula is C12H18O2. The van der Waals surface area contributed by atoms with E-state index in [4.69, 9.17) is 5.11 Å². The highest BCUT2D eigenvalue weighted by Gasteiger charge is 2.35. The predicted molar refractivity (Wildman–Crippen MR) is 54.9 cm³/mol. The monoisotopic (exact) mass is 194 g/mol. The van der Waals surface area contributed by atoms with Gasteiger partial charge in [-0.3, -0.25) is 4.79 Å². The van der Waals surface area contributed by atoms with E-state index in [2.05, 4.69) is 12.2 Å². The molecule has 0 amide bonds. The lowest BCUT2D eigenvalue weighted by Crippen LogP contribution is -2.13. The van der Waals surface area contributed by atoms with Crippen LogP contribution in [0.1, 0.15) is 32.6 Å². The quantitative estimate of drug-likeness (QED) is 0.699. The first-order valence-corrected chi connectivity index (χ1v) is 5.58. The molecule has 14 heavy (non-hydrogen) atoms. The third kappa shape index (κ3) is 1.84. The molecule has 2 heteroatoms. The smallest absolute Gasteiger partial charge is 0.306 e. The van der Waals surface area contributed by atoms with E-state index >= 15 is 0 Å². The maximum absolute atomic E-state index is 10.6. The molecule has 1 saturated carbocycles. The van der Waals surface area contributed by atoms with Gasteiger partial charge in [0.25, 0.3) is 0 Å². The van der Waals surface area contributed by atoms with Gasteiger partial charge in [-0.05, 0) is 43.4 Å². The third-order valence-electron chi connectivity index (χ3n) is 3.81. The number of carbonyl (C=O) groups is 1. The van der Waals surface area contributed by atoms with Gasteiger partial charge in [0.05, 0.1) is 5.92 Å². The third-order valence-corrected chi connectivity index (χ3v) is 3.81. The molecule has 2 bridgehead atoms. The first-order valence-electron chi connectivity index (χ1n) is 5.58. The number of aliphatic carboxylic acids is 1. The summed E-state index contributed by atoms with van der Waals surface area (Å²) in [5, 5.41) is 8.77. The second-order valence-electron chi connectivity index (χ2n) is 4.86. The lowest BCUT2D eigenvalue weighted by atomic mass is 9.87. The molecule has 0 aromatic carbocycles. The van der Waals surface area contributed by atoms with Gasteiger partial charge in [-0.2, -0.15) is 0 Å². The highest BCUT2D eigenvalue weighted by Crippen LogP contribution is 2.45. The Bertz CT molecular complexity index is 257. The summed E-state index contributed by atoms with van der Waals surface area (Å²) in [4.78, 5) is 10.6. The van der Waals surface area contributed by atoms with Crippen LogP contribution < -0.4 is 0 Å². The fourth-order valence-corrected chi connectivity index (χ4v) is 2.81. The van der Waals surface area contributed by atoms with Gasteiger partial charge in [0.15, 0.2) is 0 Å². The average Bonchev–Trinajstić information content (AvgIpc) is 2.74. The van der Waals surface area contributed by atoms with Gasteiger partial charge < -0.3 is 5.11 Å². The first kappa shape index (κ1) is 9.75. The molecule has 0 aliphatic heterocycles. The van der Waals surface area contributed by atoms with Gasteiger partial charge in [0, 0.05) is 0 Å². The summed E-state index contributed by atoms with van der Waals surface area (Å²) in [6.07, 6.45) is 9.24. The molecule has 2 aliphatic rings. The van der Waals surface area contributed by atoms with E-state index in [0.29, 0.717) is 0 Å². The highest BCUT2D eigenvalue weighted by molar-refractivity contribution is 5.69. The van der Waals surface area contributed by atoms with Crippen molar-refractivity contribution in [2.24, 2.45) is 23.7 Å². The number of carboxylic acids is 1. The summed E-state index contributed by atoms with van der Waals surface area (Å²) < 4.78 is 0. The Hall–Kier alpha value is -0.790. The molecule has 0 radical (unpaired) electrons. The molecule has 1 fully saturated rings. The molecule has 0 spiro atoms. The molecular weight excluding hydrogens is 176 g/mol. The van der Waals surface area contributed by atoms with Gasteiger partial charge in [-0.1, -0.05) is 19.1 Å². The second kappa shape index (κ2) is 3.76. The van der Waals surface area contributed by atoms with Crippen LogP contribution in [0.4, 0.5) is 0 Å². The molecule has 0 heterocycles. The fourth-order valence-electron chi connectivity index (χ4n) is 2.81. The van der Waals surface area contributed by atoms with Crippen LogP contribution in [-0.4, -0.2) is 11.1 Å². The average molecular weight is 194 g/mol. The molecule has 0 aromatic heterocycles. The molecule has 4 unspecified atom stereocenters. The van der Waals surface area contributed by atoms with Crippen LogP contribution in [0, 0.1) is 23.7 Å². The number of rotatable bonds is 4. The summed E-state index contributed by atoms with van der Waals surface area (Å²) in [5.41, 5.74) is 0. The van der Waals surface area contributed by atoms with E-state index in [1.54, 1.807) is 0 Å². The summed E-state index contributed by atoms with van der Waals surface area (Å²) >= 11 is 0. The van der Waals surface area contributed by atoms with Crippen molar-refractivity contribution in [3.63, 3.8) is 0 Å². The Kier molecular flexibility index (Phi) is 2.62. The number of fused-ring (bicyclic) bond motifs is 2. The largest absolute Gasteiger partial charge is 0.481 e. The normalized spacial score (nSPS) is 36.2. The Balaban J connectivity index is 1.77. The summed E-state index contributed by atoms with van der Waals surface area (Å²) in [6, 6.07) is 0. The number of hydrogen-bond acceptors (Lipinski definition) is 1. The minimum atomic E-state index is -0.649. The van der Waals surface area contributed by atoms with E-state index < -0.39 is 5.97 Å². The van der Waals surface area contributed by atoms with E-state index in [-0.39, 0.29) is 5.92 Å². The lowest BCUT2D eigenvalue weighted by molar-refractivity contribution is -0.141. The molecule has 2 aliphatic carbocycles. The SMILES string of the molecule is CC(CCC1CC2C=CC1C2)C(=O)O.